The number of nitrogens with one attached hydrogen (secondary N) is 1. The van der Waals surface area contributed by atoms with E-state index in [9.17, 15) is 14.4 Å². The number of amides is 1. The molecular weight excluding hydrogens is 422 g/mol. The molecule has 0 fully saturated rings. The molecule has 8 heteroatoms. The third-order valence-electron chi connectivity index (χ3n) is 5.32. The van der Waals surface area contributed by atoms with Crippen LogP contribution in [0.4, 0.5) is 0 Å². The number of carbonyl (C=O) groups is 1. The largest absolute Gasteiger partial charge is 0.467 e. The number of ether oxygens (including phenoxy) is 1. The fraction of sp³-hybridized carbons (Fsp3) is 0.240. The Balaban J connectivity index is 1.41. The Morgan fingerprint density at radius 2 is 1.79 bits per heavy atom. The molecule has 4 aromatic rings. The Kier molecular flexibility index (Phi) is 6.85. The predicted molar refractivity (Wildman–Crippen MR) is 124 cm³/mol. The molecule has 0 spiro atoms. The van der Waals surface area contributed by atoms with Gasteiger partial charge in [0.25, 0.3) is 5.56 Å². The van der Waals surface area contributed by atoms with E-state index in [2.05, 4.69) is 5.32 Å². The fourth-order valence-corrected chi connectivity index (χ4v) is 3.70. The van der Waals surface area contributed by atoms with Gasteiger partial charge in [0.05, 0.1) is 23.8 Å². The van der Waals surface area contributed by atoms with Crippen molar-refractivity contribution < 1.29 is 13.9 Å². The van der Waals surface area contributed by atoms with E-state index in [1.807, 2.05) is 36.4 Å². The average Bonchev–Trinajstić information content (AvgIpc) is 3.35. The first-order valence-corrected chi connectivity index (χ1v) is 10.7. The van der Waals surface area contributed by atoms with Gasteiger partial charge in [-0.2, -0.15) is 0 Å². The first-order valence-electron chi connectivity index (χ1n) is 10.7. The topological polar surface area (TPSA) is 95.5 Å². The van der Waals surface area contributed by atoms with Crippen molar-refractivity contribution in [2.75, 3.05) is 0 Å². The van der Waals surface area contributed by atoms with Gasteiger partial charge in [0.1, 0.15) is 18.9 Å². The lowest BCUT2D eigenvalue weighted by Gasteiger charge is -2.13. The SMILES string of the molecule is CCn1c(=O)c2ccccc2n(CC(=O)NCc2cccc(COCc3ccco3)c2)c1=O. The van der Waals surface area contributed by atoms with Crippen LogP contribution in [0.3, 0.4) is 0 Å². The molecule has 2 aromatic carbocycles. The summed E-state index contributed by atoms with van der Waals surface area (Å²) in [4.78, 5) is 38.0. The van der Waals surface area contributed by atoms with Crippen molar-refractivity contribution in [2.45, 2.75) is 39.8 Å². The van der Waals surface area contributed by atoms with Gasteiger partial charge in [-0.05, 0) is 42.3 Å². The molecule has 0 radical (unpaired) electrons. The molecule has 1 N–H and O–H groups in total. The summed E-state index contributed by atoms with van der Waals surface area (Å²) in [6, 6.07) is 18.2. The van der Waals surface area contributed by atoms with Gasteiger partial charge in [-0.15, -0.1) is 0 Å². The number of nitrogens with zero attached hydrogens (tertiary/aromatic N) is 2. The quantitative estimate of drug-likeness (QED) is 0.426. The average molecular weight is 447 g/mol. The molecule has 0 aliphatic heterocycles. The minimum atomic E-state index is -0.493. The Morgan fingerprint density at radius 3 is 2.58 bits per heavy atom. The number of furan rings is 1. The number of hydrogen-bond acceptors (Lipinski definition) is 5. The first-order chi connectivity index (χ1) is 16.1. The van der Waals surface area contributed by atoms with Gasteiger partial charge in [0.2, 0.25) is 5.91 Å². The molecule has 2 aromatic heterocycles. The molecule has 8 nitrogen and oxygen atoms in total. The smallest absolute Gasteiger partial charge is 0.331 e. The van der Waals surface area contributed by atoms with Crippen LogP contribution in [0.15, 0.2) is 80.9 Å². The summed E-state index contributed by atoms with van der Waals surface area (Å²) in [6.07, 6.45) is 1.61. The van der Waals surface area contributed by atoms with E-state index in [1.165, 1.54) is 4.57 Å². The van der Waals surface area contributed by atoms with Crippen molar-refractivity contribution in [2.24, 2.45) is 0 Å². The van der Waals surface area contributed by atoms with Crippen molar-refractivity contribution in [1.29, 1.82) is 0 Å². The Hall–Kier alpha value is -3.91. The number of rotatable bonds is 9. The Bertz CT molecular complexity index is 1370. The first kappa shape index (κ1) is 22.3. The second-order valence-corrected chi connectivity index (χ2v) is 7.60. The van der Waals surface area contributed by atoms with Gasteiger partial charge in [0.15, 0.2) is 0 Å². The minimum Gasteiger partial charge on any atom is -0.467 e. The van der Waals surface area contributed by atoms with Crippen LogP contribution in [0.2, 0.25) is 0 Å². The lowest BCUT2D eigenvalue weighted by Crippen LogP contribution is -2.42. The van der Waals surface area contributed by atoms with Crippen LogP contribution in [-0.2, 0) is 42.4 Å². The molecule has 0 aliphatic rings. The maximum atomic E-state index is 12.8. The summed E-state index contributed by atoms with van der Waals surface area (Å²) in [6.45, 7) is 2.90. The van der Waals surface area contributed by atoms with Crippen molar-refractivity contribution in [3.8, 4) is 0 Å². The number of carbonyl (C=O) groups excluding carboxylic acids is 1. The second-order valence-electron chi connectivity index (χ2n) is 7.60. The highest BCUT2D eigenvalue weighted by Crippen LogP contribution is 2.10. The van der Waals surface area contributed by atoms with E-state index in [1.54, 1.807) is 37.5 Å². The number of fused-ring (bicyclic) bond motifs is 1. The van der Waals surface area contributed by atoms with Crippen LogP contribution in [-0.4, -0.2) is 15.0 Å². The van der Waals surface area contributed by atoms with Crippen molar-refractivity contribution in [1.82, 2.24) is 14.5 Å². The summed E-state index contributed by atoms with van der Waals surface area (Å²) in [7, 11) is 0. The normalized spacial score (nSPS) is 11.1. The van der Waals surface area contributed by atoms with Gasteiger partial charge >= 0.3 is 5.69 Å². The van der Waals surface area contributed by atoms with E-state index in [-0.39, 0.29) is 24.6 Å². The van der Waals surface area contributed by atoms with Crippen molar-refractivity contribution in [3.63, 3.8) is 0 Å². The zero-order chi connectivity index (χ0) is 23.2. The van der Waals surface area contributed by atoms with Gasteiger partial charge < -0.3 is 14.5 Å². The van der Waals surface area contributed by atoms with Crippen LogP contribution < -0.4 is 16.6 Å². The molecule has 2 heterocycles. The predicted octanol–water partition coefficient (Wildman–Crippen LogP) is 2.81. The fourth-order valence-electron chi connectivity index (χ4n) is 3.70. The molecule has 0 unspecified atom stereocenters. The van der Waals surface area contributed by atoms with Gasteiger partial charge in [-0.25, -0.2) is 4.79 Å². The summed E-state index contributed by atoms with van der Waals surface area (Å²) in [5.41, 5.74) is 1.50. The molecule has 33 heavy (non-hydrogen) atoms. The van der Waals surface area contributed by atoms with Gasteiger partial charge in [0, 0.05) is 13.1 Å². The second kappa shape index (κ2) is 10.1. The molecule has 0 aliphatic carbocycles. The zero-order valence-corrected chi connectivity index (χ0v) is 18.3. The summed E-state index contributed by atoms with van der Waals surface area (Å²) < 4.78 is 13.4. The van der Waals surface area contributed by atoms with Crippen LogP contribution in [0.1, 0.15) is 23.8 Å². The molecule has 1 amide bonds. The van der Waals surface area contributed by atoms with E-state index >= 15 is 0 Å². The standard InChI is InChI=1S/C25H25N3O5/c1-2-27-24(30)21-10-3-4-11-22(21)28(25(27)31)15-23(29)26-14-18-7-5-8-19(13-18)16-32-17-20-9-6-12-33-20/h3-13H,2,14-17H2,1H3,(H,26,29). The molecule has 0 saturated heterocycles. The number of benzene rings is 2. The third-order valence-corrected chi connectivity index (χ3v) is 5.32. The number of hydrogen-bond donors (Lipinski definition) is 1. The maximum Gasteiger partial charge on any atom is 0.331 e. The van der Waals surface area contributed by atoms with Crippen molar-refractivity contribution >= 4 is 16.8 Å². The zero-order valence-electron chi connectivity index (χ0n) is 18.3. The van der Waals surface area contributed by atoms with Crippen LogP contribution in [0.5, 0.6) is 0 Å². The Morgan fingerprint density at radius 1 is 0.970 bits per heavy atom. The molecular formula is C25H25N3O5. The highest BCUT2D eigenvalue weighted by molar-refractivity contribution is 5.81. The maximum absolute atomic E-state index is 12.8. The number of aromatic nitrogens is 2. The van der Waals surface area contributed by atoms with Crippen LogP contribution in [0, 0.1) is 0 Å². The highest BCUT2D eigenvalue weighted by Gasteiger charge is 2.14. The molecule has 0 saturated carbocycles. The molecule has 4 rings (SSSR count). The van der Waals surface area contributed by atoms with E-state index in [4.69, 9.17) is 9.15 Å². The van der Waals surface area contributed by atoms with Crippen LogP contribution >= 0.6 is 0 Å². The summed E-state index contributed by atoms with van der Waals surface area (Å²) >= 11 is 0. The highest BCUT2D eigenvalue weighted by atomic mass is 16.5. The Labute approximate surface area is 190 Å². The molecule has 170 valence electrons. The van der Waals surface area contributed by atoms with E-state index in [0.717, 1.165) is 21.5 Å². The lowest BCUT2D eigenvalue weighted by molar-refractivity contribution is -0.121. The lowest BCUT2D eigenvalue weighted by atomic mass is 10.1. The van der Waals surface area contributed by atoms with Crippen LogP contribution in [0.25, 0.3) is 10.9 Å². The summed E-state index contributed by atoms with van der Waals surface area (Å²) in [5, 5.41) is 3.27. The number of para-hydroxylation sites is 1. The monoisotopic (exact) mass is 447 g/mol. The molecule has 0 atom stereocenters. The van der Waals surface area contributed by atoms with E-state index in [0.29, 0.717) is 30.7 Å². The molecule has 0 bridgehead atoms. The van der Waals surface area contributed by atoms with Crippen molar-refractivity contribution in [3.05, 3.63) is 105 Å². The third kappa shape index (κ3) is 5.12. The minimum absolute atomic E-state index is 0.175. The van der Waals surface area contributed by atoms with E-state index < -0.39 is 5.69 Å². The van der Waals surface area contributed by atoms with Gasteiger partial charge in [-0.1, -0.05) is 36.4 Å². The van der Waals surface area contributed by atoms with Gasteiger partial charge in [-0.3, -0.25) is 18.7 Å². The summed E-state index contributed by atoms with van der Waals surface area (Å²) in [5.74, 6) is 0.443.